The van der Waals surface area contributed by atoms with Crippen molar-refractivity contribution in [2.24, 2.45) is 11.8 Å². The van der Waals surface area contributed by atoms with E-state index in [0.717, 1.165) is 25.7 Å². The SMILES string of the molecule is C=CC(OC(=O)CO)C(CCCC)C(C)CC. The zero-order valence-corrected chi connectivity index (χ0v) is 11.3. The molecule has 0 rings (SSSR count). The van der Waals surface area contributed by atoms with Crippen LogP contribution in [0, 0.1) is 11.8 Å². The van der Waals surface area contributed by atoms with E-state index in [2.05, 4.69) is 27.4 Å². The summed E-state index contributed by atoms with van der Waals surface area (Å²) in [5, 5.41) is 8.72. The van der Waals surface area contributed by atoms with Crippen LogP contribution >= 0.6 is 0 Å². The highest BCUT2D eigenvalue weighted by atomic mass is 16.6. The summed E-state index contributed by atoms with van der Waals surface area (Å²) in [6, 6.07) is 0. The van der Waals surface area contributed by atoms with E-state index in [1.165, 1.54) is 0 Å². The van der Waals surface area contributed by atoms with Crippen LogP contribution < -0.4 is 0 Å². The molecule has 0 radical (unpaired) electrons. The molecule has 3 nitrogen and oxygen atoms in total. The number of unbranched alkanes of at least 4 members (excludes halogenated alkanes) is 1. The van der Waals surface area contributed by atoms with Crippen LogP contribution in [0.4, 0.5) is 0 Å². The molecule has 0 aromatic rings. The van der Waals surface area contributed by atoms with E-state index in [0.29, 0.717) is 11.8 Å². The monoisotopic (exact) mass is 242 g/mol. The van der Waals surface area contributed by atoms with Crippen LogP contribution in [0.15, 0.2) is 12.7 Å². The van der Waals surface area contributed by atoms with Crippen molar-refractivity contribution in [3.63, 3.8) is 0 Å². The Morgan fingerprint density at radius 3 is 2.53 bits per heavy atom. The summed E-state index contributed by atoms with van der Waals surface area (Å²) in [6.07, 6.45) is 5.73. The van der Waals surface area contributed by atoms with E-state index in [1.807, 2.05) is 0 Å². The molecule has 0 saturated carbocycles. The predicted octanol–water partition coefficient (Wildman–Crippen LogP) is 2.93. The zero-order valence-electron chi connectivity index (χ0n) is 11.3. The van der Waals surface area contributed by atoms with Crippen molar-refractivity contribution in [3.8, 4) is 0 Å². The second-order valence-corrected chi connectivity index (χ2v) is 4.54. The molecule has 0 aromatic carbocycles. The first-order chi connectivity index (χ1) is 8.10. The Morgan fingerprint density at radius 2 is 2.12 bits per heavy atom. The highest BCUT2D eigenvalue weighted by Gasteiger charge is 2.26. The molecule has 0 amide bonds. The minimum absolute atomic E-state index is 0.281. The maximum Gasteiger partial charge on any atom is 0.332 e. The third kappa shape index (κ3) is 5.87. The largest absolute Gasteiger partial charge is 0.456 e. The molecule has 0 aliphatic carbocycles. The molecule has 100 valence electrons. The summed E-state index contributed by atoms with van der Waals surface area (Å²) < 4.78 is 5.22. The van der Waals surface area contributed by atoms with E-state index < -0.39 is 12.6 Å². The molecule has 0 aliphatic heterocycles. The van der Waals surface area contributed by atoms with E-state index in [9.17, 15) is 4.79 Å². The lowest BCUT2D eigenvalue weighted by molar-refractivity contribution is -0.153. The number of ether oxygens (including phenoxy) is 1. The standard InChI is InChI=1S/C14H26O3/c1-5-8-9-12(11(4)6-2)13(7-3)17-14(16)10-15/h7,11-13,15H,3,5-6,8-10H2,1-2,4H3. The molecular weight excluding hydrogens is 216 g/mol. The van der Waals surface area contributed by atoms with Gasteiger partial charge in [-0.05, 0) is 12.3 Å². The van der Waals surface area contributed by atoms with Gasteiger partial charge in [-0.2, -0.15) is 0 Å². The maximum atomic E-state index is 11.2. The summed E-state index contributed by atoms with van der Waals surface area (Å²) in [6.45, 7) is 9.63. The number of aliphatic hydroxyl groups is 1. The van der Waals surface area contributed by atoms with Crippen molar-refractivity contribution in [1.29, 1.82) is 0 Å². The molecule has 3 unspecified atom stereocenters. The minimum atomic E-state index is -0.570. The zero-order chi connectivity index (χ0) is 13.3. The molecule has 0 fully saturated rings. The van der Waals surface area contributed by atoms with Gasteiger partial charge in [0, 0.05) is 5.92 Å². The van der Waals surface area contributed by atoms with Crippen LogP contribution in [0.1, 0.15) is 46.5 Å². The lowest BCUT2D eigenvalue weighted by Crippen LogP contribution is -2.30. The molecule has 1 N–H and O–H groups in total. The smallest absolute Gasteiger partial charge is 0.332 e. The van der Waals surface area contributed by atoms with Crippen LogP contribution in [0.5, 0.6) is 0 Å². The van der Waals surface area contributed by atoms with Crippen LogP contribution in [0.3, 0.4) is 0 Å². The van der Waals surface area contributed by atoms with Crippen molar-refractivity contribution >= 4 is 5.97 Å². The normalized spacial score (nSPS) is 16.0. The molecule has 0 heterocycles. The number of hydrogen-bond donors (Lipinski definition) is 1. The van der Waals surface area contributed by atoms with Gasteiger partial charge in [-0.15, -0.1) is 0 Å². The van der Waals surface area contributed by atoms with Crippen molar-refractivity contribution < 1.29 is 14.6 Å². The number of rotatable bonds is 9. The molecule has 0 saturated heterocycles. The summed E-state index contributed by atoms with van der Waals surface area (Å²) in [5.74, 6) is 0.212. The lowest BCUT2D eigenvalue weighted by atomic mass is 9.83. The number of aliphatic hydroxyl groups excluding tert-OH is 1. The summed E-state index contributed by atoms with van der Waals surface area (Å²) in [5.41, 5.74) is 0. The summed E-state index contributed by atoms with van der Waals surface area (Å²) >= 11 is 0. The van der Waals surface area contributed by atoms with Crippen molar-refractivity contribution in [3.05, 3.63) is 12.7 Å². The number of carbonyl (C=O) groups is 1. The molecular formula is C14H26O3. The van der Waals surface area contributed by atoms with Gasteiger partial charge in [0.2, 0.25) is 0 Å². The van der Waals surface area contributed by atoms with Crippen LogP contribution in [-0.2, 0) is 9.53 Å². The molecule has 3 heteroatoms. The van der Waals surface area contributed by atoms with Crippen LogP contribution in [0.25, 0.3) is 0 Å². The van der Waals surface area contributed by atoms with Gasteiger partial charge in [0.25, 0.3) is 0 Å². The highest BCUT2D eigenvalue weighted by molar-refractivity contribution is 5.70. The first-order valence-corrected chi connectivity index (χ1v) is 6.53. The molecule has 0 aromatic heterocycles. The minimum Gasteiger partial charge on any atom is -0.456 e. The highest BCUT2D eigenvalue weighted by Crippen LogP contribution is 2.27. The Bertz CT molecular complexity index is 226. The number of esters is 1. The topological polar surface area (TPSA) is 46.5 Å². The first kappa shape index (κ1) is 16.2. The third-order valence-corrected chi connectivity index (χ3v) is 3.32. The molecule has 17 heavy (non-hydrogen) atoms. The van der Waals surface area contributed by atoms with Gasteiger partial charge in [0.05, 0.1) is 0 Å². The van der Waals surface area contributed by atoms with E-state index in [4.69, 9.17) is 9.84 Å². The Hall–Kier alpha value is -0.830. The molecule has 0 aliphatic rings. The lowest BCUT2D eigenvalue weighted by Gasteiger charge is -2.29. The van der Waals surface area contributed by atoms with Crippen molar-refractivity contribution in [2.75, 3.05) is 6.61 Å². The Labute approximate surface area is 105 Å². The van der Waals surface area contributed by atoms with Gasteiger partial charge in [0.15, 0.2) is 0 Å². The fourth-order valence-electron chi connectivity index (χ4n) is 2.01. The van der Waals surface area contributed by atoms with Gasteiger partial charge >= 0.3 is 5.97 Å². The Balaban J connectivity index is 4.58. The van der Waals surface area contributed by atoms with Gasteiger partial charge in [-0.25, -0.2) is 4.79 Å². The predicted molar refractivity (Wildman–Crippen MR) is 69.6 cm³/mol. The average molecular weight is 242 g/mol. The summed E-state index contributed by atoms with van der Waals surface area (Å²) in [7, 11) is 0. The molecule has 0 spiro atoms. The van der Waals surface area contributed by atoms with Crippen LogP contribution in [0.2, 0.25) is 0 Å². The van der Waals surface area contributed by atoms with E-state index in [1.54, 1.807) is 6.08 Å². The third-order valence-electron chi connectivity index (χ3n) is 3.32. The Kier molecular flexibility index (Phi) is 8.78. The number of hydrogen-bond acceptors (Lipinski definition) is 3. The van der Waals surface area contributed by atoms with Crippen molar-refractivity contribution in [2.45, 2.75) is 52.6 Å². The number of carbonyl (C=O) groups excluding carboxylic acids is 1. The van der Waals surface area contributed by atoms with Gasteiger partial charge in [-0.3, -0.25) is 0 Å². The second-order valence-electron chi connectivity index (χ2n) is 4.54. The van der Waals surface area contributed by atoms with Crippen LogP contribution in [-0.4, -0.2) is 23.8 Å². The van der Waals surface area contributed by atoms with E-state index in [-0.39, 0.29) is 6.10 Å². The van der Waals surface area contributed by atoms with Gasteiger partial charge in [-0.1, -0.05) is 52.7 Å². The van der Waals surface area contributed by atoms with E-state index >= 15 is 0 Å². The Morgan fingerprint density at radius 1 is 1.47 bits per heavy atom. The summed E-state index contributed by atoms with van der Waals surface area (Å²) in [4.78, 5) is 11.2. The second kappa shape index (κ2) is 9.23. The average Bonchev–Trinajstić information content (AvgIpc) is 2.36. The fraction of sp³-hybridized carbons (Fsp3) is 0.786. The van der Waals surface area contributed by atoms with Crippen molar-refractivity contribution in [1.82, 2.24) is 0 Å². The molecule has 3 atom stereocenters. The van der Waals surface area contributed by atoms with Gasteiger partial charge in [0.1, 0.15) is 12.7 Å². The fourth-order valence-corrected chi connectivity index (χ4v) is 2.01. The quantitative estimate of drug-likeness (QED) is 0.499. The van der Waals surface area contributed by atoms with Gasteiger partial charge < -0.3 is 9.84 Å². The molecule has 0 bridgehead atoms. The first-order valence-electron chi connectivity index (χ1n) is 6.53. The maximum absolute atomic E-state index is 11.2.